The number of carbonyl (C=O) groups excluding carboxylic acids is 1. The fourth-order valence-electron chi connectivity index (χ4n) is 1.88. The van der Waals surface area contributed by atoms with Crippen molar-refractivity contribution in [3.05, 3.63) is 0 Å². The minimum atomic E-state index is 0.304. The number of nitrogens with zero attached hydrogens (tertiary/aromatic N) is 2. The molecule has 0 aliphatic carbocycles. The molecule has 0 bridgehead atoms. The van der Waals surface area contributed by atoms with Gasteiger partial charge in [-0.15, -0.1) is 0 Å². The van der Waals surface area contributed by atoms with E-state index < -0.39 is 0 Å². The first kappa shape index (κ1) is 13.8. The number of rotatable bonds is 4. The van der Waals surface area contributed by atoms with E-state index in [0.29, 0.717) is 17.7 Å². The molecule has 0 N–H and O–H groups in total. The Morgan fingerprint density at radius 2 is 2.06 bits per heavy atom. The van der Waals surface area contributed by atoms with E-state index >= 15 is 0 Å². The van der Waals surface area contributed by atoms with Gasteiger partial charge in [-0.25, -0.2) is 0 Å². The molecule has 1 amide bonds. The van der Waals surface area contributed by atoms with Crippen LogP contribution in [0.5, 0.6) is 0 Å². The molecule has 1 saturated heterocycles. The highest BCUT2D eigenvalue weighted by atomic mass is 32.2. The maximum Gasteiger partial charge on any atom is 0.236 e. The maximum absolute atomic E-state index is 12.1. The van der Waals surface area contributed by atoms with E-state index in [4.69, 9.17) is 0 Å². The van der Waals surface area contributed by atoms with Crippen LogP contribution in [-0.4, -0.2) is 59.4 Å². The van der Waals surface area contributed by atoms with Gasteiger partial charge in [0.25, 0.3) is 0 Å². The van der Waals surface area contributed by atoms with Crippen LogP contribution in [0.2, 0.25) is 0 Å². The first-order chi connectivity index (χ1) is 7.67. The van der Waals surface area contributed by atoms with Crippen LogP contribution in [0, 0.1) is 0 Å². The van der Waals surface area contributed by atoms with Crippen molar-refractivity contribution < 1.29 is 4.79 Å². The molecular weight excluding hydrogens is 220 g/mol. The van der Waals surface area contributed by atoms with Crippen LogP contribution in [0.25, 0.3) is 0 Å². The smallest absolute Gasteiger partial charge is 0.236 e. The second-order valence-corrected chi connectivity index (χ2v) is 5.86. The predicted molar refractivity (Wildman–Crippen MR) is 70.9 cm³/mol. The lowest BCUT2D eigenvalue weighted by atomic mass is 10.3. The first-order valence-electron chi connectivity index (χ1n) is 6.29. The summed E-state index contributed by atoms with van der Waals surface area (Å²) in [6.07, 6.45) is 1.13. The summed E-state index contributed by atoms with van der Waals surface area (Å²) in [5, 5.41) is 0.700. The molecule has 4 heteroatoms. The Hall–Kier alpha value is -0.220. The fraction of sp³-hybridized carbons (Fsp3) is 0.917. The van der Waals surface area contributed by atoms with Crippen LogP contribution in [0.4, 0.5) is 0 Å². The highest BCUT2D eigenvalue weighted by Gasteiger charge is 2.19. The van der Waals surface area contributed by atoms with Crippen molar-refractivity contribution in [1.82, 2.24) is 9.80 Å². The molecule has 1 fully saturated rings. The Kier molecular flexibility index (Phi) is 6.21. The summed E-state index contributed by atoms with van der Waals surface area (Å²) in [5.74, 6) is 1.39. The van der Waals surface area contributed by atoms with Crippen LogP contribution in [0.15, 0.2) is 0 Å². The molecule has 0 aromatic heterocycles. The number of carbonyl (C=O) groups is 1. The summed E-state index contributed by atoms with van der Waals surface area (Å²) in [4.78, 5) is 16.3. The van der Waals surface area contributed by atoms with Crippen molar-refractivity contribution in [3.8, 4) is 0 Å². The highest BCUT2D eigenvalue weighted by Crippen LogP contribution is 2.18. The number of thioether (sulfide) groups is 1. The second kappa shape index (κ2) is 7.17. The van der Waals surface area contributed by atoms with Crippen molar-refractivity contribution >= 4 is 17.7 Å². The van der Waals surface area contributed by atoms with E-state index in [2.05, 4.69) is 25.7 Å². The van der Waals surface area contributed by atoms with Crippen LogP contribution >= 0.6 is 11.8 Å². The van der Waals surface area contributed by atoms with Crippen molar-refractivity contribution in [2.75, 3.05) is 38.5 Å². The number of likely N-dealkylation sites (N-methyl/N-ethyl adjacent to an activating group) is 1. The molecule has 1 aliphatic heterocycles. The van der Waals surface area contributed by atoms with Gasteiger partial charge in [-0.05, 0) is 19.5 Å². The third-order valence-corrected chi connectivity index (χ3v) is 4.40. The average Bonchev–Trinajstić information content (AvgIpc) is 2.50. The first-order valence-corrected chi connectivity index (χ1v) is 7.34. The summed E-state index contributed by atoms with van der Waals surface area (Å²) in [6, 6.07) is 0. The predicted octanol–water partition coefficient (Wildman–Crippen LogP) is 1.68. The highest BCUT2D eigenvalue weighted by molar-refractivity contribution is 7.99. The molecular formula is C12H24N2OS. The zero-order chi connectivity index (χ0) is 12.0. The van der Waals surface area contributed by atoms with Gasteiger partial charge < -0.3 is 4.90 Å². The monoisotopic (exact) mass is 244 g/mol. The molecule has 0 radical (unpaired) electrons. The van der Waals surface area contributed by atoms with Crippen LogP contribution in [0.1, 0.15) is 27.2 Å². The summed E-state index contributed by atoms with van der Waals surface area (Å²) >= 11 is 1.98. The lowest BCUT2D eigenvalue weighted by Gasteiger charge is -2.24. The summed E-state index contributed by atoms with van der Waals surface area (Å²) < 4.78 is 0. The zero-order valence-electron chi connectivity index (χ0n) is 10.7. The summed E-state index contributed by atoms with van der Waals surface area (Å²) in [5.41, 5.74) is 0. The zero-order valence-corrected chi connectivity index (χ0v) is 11.6. The van der Waals surface area contributed by atoms with Crippen molar-refractivity contribution in [2.24, 2.45) is 0 Å². The number of hydrogen-bond donors (Lipinski definition) is 0. The summed E-state index contributed by atoms with van der Waals surface area (Å²) in [7, 11) is 0. The SMILES string of the molecule is CCN(CC)CC(=O)N1CCS[C@H](C)CC1. The summed E-state index contributed by atoms with van der Waals surface area (Å²) in [6.45, 7) is 10.8. The minimum Gasteiger partial charge on any atom is -0.341 e. The fourth-order valence-corrected chi connectivity index (χ4v) is 2.89. The van der Waals surface area contributed by atoms with E-state index in [1.165, 1.54) is 0 Å². The molecule has 0 aromatic rings. The second-order valence-electron chi connectivity index (χ2n) is 4.31. The van der Waals surface area contributed by atoms with E-state index in [-0.39, 0.29) is 0 Å². The van der Waals surface area contributed by atoms with Gasteiger partial charge in [-0.2, -0.15) is 11.8 Å². The lowest BCUT2D eigenvalue weighted by Crippen LogP contribution is -2.41. The van der Waals surface area contributed by atoms with Gasteiger partial charge >= 0.3 is 0 Å². The van der Waals surface area contributed by atoms with Crippen molar-refractivity contribution in [1.29, 1.82) is 0 Å². The lowest BCUT2D eigenvalue weighted by molar-refractivity contribution is -0.132. The third-order valence-electron chi connectivity index (χ3n) is 3.18. The van der Waals surface area contributed by atoms with E-state index in [0.717, 1.165) is 38.4 Å². The Morgan fingerprint density at radius 1 is 1.38 bits per heavy atom. The van der Waals surface area contributed by atoms with Crippen LogP contribution in [0.3, 0.4) is 0 Å². The minimum absolute atomic E-state index is 0.304. The molecule has 3 nitrogen and oxygen atoms in total. The third kappa shape index (κ3) is 4.34. The Labute approximate surface area is 104 Å². The topological polar surface area (TPSA) is 23.6 Å². The molecule has 1 aliphatic rings. The molecule has 16 heavy (non-hydrogen) atoms. The van der Waals surface area contributed by atoms with Crippen LogP contribution < -0.4 is 0 Å². The normalized spacial score (nSPS) is 22.2. The van der Waals surface area contributed by atoms with Crippen molar-refractivity contribution in [3.63, 3.8) is 0 Å². The quantitative estimate of drug-likeness (QED) is 0.752. The van der Waals surface area contributed by atoms with Gasteiger partial charge in [-0.1, -0.05) is 20.8 Å². The van der Waals surface area contributed by atoms with Gasteiger partial charge in [-0.3, -0.25) is 9.69 Å². The molecule has 1 atom stereocenters. The molecule has 94 valence electrons. The maximum atomic E-state index is 12.1. The Morgan fingerprint density at radius 3 is 2.69 bits per heavy atom. The largest absolute Gasteiger partial charge is 0.341 e. The van der Waals surface area contributed by atoms with Gasteiger partial charge in [0.15, 0.2) is 0 Å². The molecule has 0 spiro atoms. The molecule has 0 unspecified atom stereocenters. The van der Waals surface area contributed by atoms with E-state index in [9.17, 15) is 4.79 Å². The number of hydrogen-bond acceptors (Lipinski definition) is 3. The van der Waals surface area contributed by atoms with Crippen LogP contribution in [-0.2, 0) is 4.79 Å². The van der Waals surface area contributed by atoms with Gasteiger partial charge in [0.1, 0.15) is 0 Å². The Balaban J connectivity index is 2.40. The van der Waals surface area contributed by atoms with Crippen molar-refractivity contribution in [2.45, 2.75) is 32.4 Å². The van der Waals surface area contributed by atoms with E-state index in [1.807, 2.05) is 16.7 Å². The Bertz CT molecular complexity index is 219. The standard InChI is InChI=1S/C12H24N2OS/c1-4-13(5-2)10-12(15)14-7-6-11(3)16-9-8-14/h11H,4-10H2,1-3H3/t11-/m1/s1. The molecule has 0 saturated carbocycles. The molecule has 0 aromatic carbocycles. The number of amides is 1. The average molecular weight is 244 g/mol. The van der Waals surface area contributed by atoms with Gasteiger partial charge in [0, 0.05) is 24.1 Å². The van der Waals surface area contributed by atoms with Gasteiger partial charge in [0.05, 0.1) is 6.54 Å². The molecule has 1 rings (SSSR count). The van der Waals surface area contributed by atoms with E-state index in [1.54, 1.807) is 0 Å². The molecule has 1 heterocycles. The van der Waals surface area contributed by atoms with Gasteiger partial charge in [0.2, 0.25) is 5.91 Å².